The van der Waals surface area contributed by atoms with Crippen molar-refractivity contribution in [3.05, 3.63) is 11.6 Å². The van der Waals surface area contributed by atoms with E-state index in [1.165, 1.54) is 6.07 Å². The van der Waals surface area contributed by atoms with E-state index in [4.69, 9.17) is 16.7 Å². The summed E-state index contributed by atoms with van der Waals surface area (Å²) in [6.45, 7) is 4.06. The number of piperidine rings is 1. The number of nitrogens with two attached hydrogens (primary N) is 2. The van der Waals surface area contributed by atoms with E-state index in [1.54, 1.807) is 0 Å². The molecule has 1 aliphatic heterocycles. The van der Waals surface area contributed by atoms with Gasteiger partial charge in [0.05, 0.1) is 5.69 Å². The van der Waals surface area contributed by atoms with Crippen molar-refractivity contribution >= 4 is 17.3 Å². The van der Waals surface area contributed by atoms with E-state index in [0.29, 0.717) is 22.9 Å². The molecule has 2 heterocycles. The smallest absolute Gasteiger partial charge is 0.151 e. The topological polar surface area (TPSA) is 92.0 Å². The maximum absolute atomic E-state index is 9.14. The Morgan fingerprint density at radius 1 is 1.41 bits per heavy atom. The number of nitrogens with zero attached hydrogens (tertiary/aromatic N) is 3. The van der Waals surface area contributed by atoms with Crippen LogP contribution in [0.25, 0.3) is 0 Å². The summed E-state index contributed by atoms with van der Waals surface area (Å²) in [5.41, 5.74) is 12.3. The van der Waals surface area contributed by atoms with Crippen LogP contribution in [0.4, 0.5) is 17.3 Å². The largest absolute Gasteiger partial charge is 0.397 e. The molecule has 90 valence electrons. The van der Waals surface area contributed by atoms with Gasteiger partial charge < -0.3 is 16.4 Å². The minimum atomic E-state index is 0.370. The summed E-state index contributed by atoms with van der Waals surface area (Å²) in [6.07, 6.45) is 2.22. The predicted molar refractivity (Wildman–Crippen MR) is 68.4 cm³/mol. The van der Waals surface area contributed by atoms with E-state index in [2.05, 4.69) is 22.9 Å². The van der Waals surface area contributed by atoms with Crippen molar-refractivity contribution in [3.8, 4) is 6.07 Å². The van der Waals surface area contributed by atoms with Crippen LogP contribution in [0.15, 0.2) is 6.07 Å². The fourth-order valence-electron chi connectivity index (χ4n) is 2.13. The van der Waals surface area contributed by atoms with Crippen molar-refractivity contribution in [1.29, 1.82) is 5.26 Å². The monoisotopic (exact) mass is 231 g/mol. The third-order valence-corrected chi connectivity index (χ3v) is 3.25. The first kappa shape index (κ1) is 11.5. The SMILES string of the molecule is CC1CCN(c2nc(N)cc(N)c2C#N)CC1. The van der Waals surface area contributed by atoms with Gasteiger partial charge in [-0.3, -0.25) is 0 Å². The summed E-state index contributed by atoms with van der Waals surface area (Å²) in [5.74, 6) is 1.74. The number of nitriles is 1. The van der Waals surface area contributed by atoms with Gasteiger partial charge in [-0.15, -0.1) is 0 Å². The molecule has 0 aromatic carbocycles. The van der Waals surface area contributed by atoms with Crippen molar-refractivity contribution in [3.63, 3.8) is 0 Å². The zero-order valence-electron chi connectivity index (χ0n) is 9.98. The third kappa shape index (κ3) is 2.26. The fourth-order valence-corrected chi connectivity index (χ4v) is 2.13. The number of pyridine rings is 1. The van der Waals surface area contributed by atoms with Crippen molar-refractivity contribution in [1.82, 2.24) is 4.98 Å². The molecular formula is C12H17N5. The van der Waals surface area contributed by atoms with Crippen LogP contribution in [0.3, 0.4) is 0 Å². The van der Waals surface area contributed by atoms with Crippen molar-refractivity contribution in [2.24, 2.45) is 5.92 Å². The van der Waals surface area contributed by atoms with Gasteiger partial charge >= 0.3 is 0 Å². The summed E-state index contributed by atoms with van der Waals surface area (Å²) < 4.78 is 0. The molecule has 1 aromatic rings. The fraction of sp³-hybridized carbons (Fsp3) is 0.500. The van der Waals surface area contributed by atoms with Gasteiger partial charge in [-0.05, 0) is 18.8 Å². The maximum Gasteiger partial charge on any atom is 0.151 e. The molecule has 0 saturated carbocycles. The van der Waals surface area contributed by atoms with Crippen LogP contribution >= 0.6 is 0 Å². The molecule has 2 rings (SSSR count). The van der Waals surface area contributed by atoms with Crippen LogP contribution in [0.1, 0.15) is 25.3 Å². The first-order chi connectivity index (χ1) is 8.11. The quantitative estimate of drug-likeness (QED) is 0.761. The molecule has 5 nitrogen and oxygen atoms in total. The first-order valence-corrected chi connectivity index (χ1v) is 5.83. The number of aromatic nitrogens is 1. The maximum atomic E-state index is 9.14. The number of hydrogen-bond acceptors (Lipinski definition) is 5. The van der Waals surface area contributed by atoms with E-state index >= 15 is 0 Å². The summed E-state index contributed by atoms with van der Waals surface area (Å²) in [7, 11) is 0. The Labute approximate surface area is 101 Å². The lowest BCUT2D eigenvalue weighted by Crippen LogP contribution is -2.34. The van der Waals surface area contributed by atoms with Crippen LogP contribution in [-0.2, 0) is 0 Å². The standard InChI is InChI=1S/C12H17N5/c1-8-2-4-17(5-3-8)12-9(7-13)10(14)6-11(15)16-12/h6,8H,2-5H2,1H3,(H4,14,15,16). The second kappa shape index (κ2) is 4.50. The minimum absolute atomic E-state index is 0.370. The normalized spacial score (nSPS) is 16.8. The van der Waals surface area contributed by atoms with Crippen LogP contribution in [0.2, 0.25) is 0 Å². The Kier molecular flexibility index (Phi) is 3.05. The molecule has 4 N–H and O–H groups in total. The Hall–Kier alpha value is -1.96. The highest BCUT2D eigenvalue weighted by Crippen LogP contribution is 2.28. The lowest BCUT2D eigenvalue weighted by molar-refractivity contribution is 0.436. The van der Waals surface area contributed by atoms with Gasteiger partial charge in [-0.1, -0.05) is 6.92 Å². The predicted octanol–water partition coefficient (Wildman–Crippen LogP) is 1.35. The average Bonchev–Trinajstić information content (AvgIpc) is 2.29. The molecule has 1 saturated heterocycles. The zero-order chi connectivity index (χ0) is 12.4. The Balaban J connectivity index is 2.35. The van der Waals surface area contributed by atoms with Gasteiger partial charge in [0.25, 0.3) is 0 Å². The Morgan fingerprint density at radius 3 is 2.65 bits per heavy atom. The van der Waals surface area contributed by atoms with Gasteiger partial charge in [0.15, 0.2) is 5.82 Å². The molecule has 0 radical (unpaired) electrons. The molecule has 0 amide bonds. The molecular weight excluding hydrogens is 214 g/mol. The van der Waals surface area contributed by atoms with Crippen molar-refractivity contribution < 1.29 is 0 Å². The molecule has 1 aliphatic rings. The summed E-state index contributed by atoms with van der Waals surface area (Å²) in [4.78, 5) is 6.36. The summed E-state index contributed by atoms with van der Waals surface area (Å²) in [5, 5.41) is 9.14. The highest BCUT2D eigenvalue weighted by atomic mass is 15.2. The molecule has 0 unspecified atom stereocenters. The van der Waals surface area contributed by atoms with Crippen LogP contribution < -0.4 is 16.4 Å². The molecule has 0 bridgehead atoms. The van der Waals surface area contributed by atoms with Crippen molar-refractivity contribution in [2.45, 2.75) is 19.8 Å². The first-order valence-electron chi connectivity index (χ1n) is 5.83. The second-order valence-corrected chi connectivity index (χ2v) is 4.62. The number of hydrogen-bond donors (Lipinski definition) is 2. The molecule has 17 heavy (non-hydrogen) atoms. The Bertz CT molecular complexity index is 455. The number of rotatable bonds is 1. The lowest BCUT2D eigenvalue weighted by atomic mass is 9.99. The molecule has 1 fully saturated rings. The van der Waals surface area contributed by atoms with E-state index in [-0.39, 0.29) is 0 Å². The molecule has 1 aromatic heterocycles. The van der Waals surface area contributed by atoms with Gasteiger partial charge in [0.1, 0.15) is 17.5 Å². The highest BCUT2D eigenvalue weighted by Gasteiger charge is 2.21. The van der Waals surface area contributed by atoms with E-state index < -0.39 is 0 Å². The molecule has 0 aliphatic carbocycles. The molecule has 5 heteroatoms. The van der Waals surface area contributed by atoms with Gasteiger partial charge in [0, 0.05) is 19.2 Å². The molecule has 0 spiro atoms. The van der Waals surface area contributed by atoms with E-state index in [0.717, 1.165) is 31.8 Å². The second-order valence-electron chi connectivity index (χ2n) is 4.62. The van der Waals surface area contributed by atoms with Crippen LogP contribution in [-0.4, -0.2) is 18.1 Å². The minimum Gasteiger partial charge on any atom is -0.397 e. The zero-order valence-corrected chi connectivity index (χ0v) is 9.98. The third-order valence-electron chi connectivity index (χ3n) is 3.25. The van der Waals surface area contributed by atoms with Crippen LogP contribution in [0.5, 0.6) is 0 Å². The van der Waals surface area contributed by atoms with Crippen molar-refractivity contribution in [2.75, 3.05) is 29.5 Å². The van der Waals surface area contributed by atoms with E-state index in [1.807, 2.05) is 0 Å². The Morgan fingerprint density at radius 2 is 2.06 bits per heavy atom. The van der Waals surface area contributed by atoms with Gasteiger partial charge in [0.2, 0.25) is 0 Å². The number of anilines is 3. The summed E-state index contributed by atoms with van der Waals surface area (Å²) >= 11 is 0. The highest BCUT2D eigenvalue weighted by molar-refractivity contribution is 5.70. The average molecular weight is 231 g/mol. The van der Waals surface area contributed by atoms with Gasteiger partial charge in [-0.2, -0.15) is 5.26 Å². The van der Waals surface area contributed by atoms with E-state index in [9.17, 15) is 0 Å². The lowest BCUT2D eigenvalue weighted by Gasteiger charge is -2.32. The van der Waals surface area contributed by atoms with Crippen LogP contribution in [0, 0.1) is 17.2 Å². The number of nitrogen functional groups attached to an aromatic ring is 2. The summed E-state index contributed by atoms with van der Waals surface area (Å²) in [6, 6.07) is 3.65. The van der Waals surface area contributed by atoms with Gasteiger partial charge in [-0.25, -0.2) is 4.98 Å². The molecule has 0 atom stereocenters.